The smallest absolute Gasteiger partial charge is 0.231 e. The number of ether oxygens (including phenoxy) is 2. The van der Waals surface area contributed by atoms with Crippen LogP contribution in [-0.4, -0.2) is 31.4 Å². The van der Waals surface area contributed by atoms with Gasteiger partial charge in [-0.05, 0) is 55.6 Å². The molecule has 3 rings (SSSR count). The van der Waals surface area contributed by atoms with Gasteiger partial charge in [0.25, 0.3) is 0 Å². The van der Waals surface area contributed by atoms with Gasteiger partial charge in [0.2, 0.25) is 6.79 Å². The van der Waals surface area contributed by atoms with E-state index in [9.17, 15) is 0 Å². The zero-order valence-electron chi connectivity index (χ0n) is 16.5. The summed E-state index contributed by atoms with van der Waals surface area (Å²) < 4.78 is 11.0. The summed E-state index contributed by atoms with van der Waals surface area (Å²) in [6, 6.07) is 10.4. The Morgan fingerprint density at radius 3 is 2.93 bits per heavy atom. The van der Waals surface area contributed by atoms with E-state index >= 15 is 0 Å². The van der Waals surface area contributed by atoms with Crippen LogP contribution >= 0.6 is 0 Å². The fourth-order valence-corrected chi connectivity index (χ4v) is 3.37. The van der Waals surface area contributed by atoms with Gasteiger partial charge in [-0.25, -0.2) is 4.98 Å². The first kappa shape index (κ1) is 19.5. The molecule has 0 fully saturated rings. The summed E-state index contributed by atoms with van der Waals surface area (Å²) in [5.74, 6) is 2.84. The number of hydrogen-bond donors (Lipinski definition) is 1. The molecule has 1 aromatic carbocycles. The molecular weight excluding hydrogens is 338 g/mol. The molecule has 0 aliphatic carbocycles. The number of nitrogens with zero attached hydrogens (tertiary/aromatic N) is 2. The second kappa shape index (κ2) is 10.2. The Bertz CT molecular complexity index is 720. The lowest BCUT2D eigenvalue weighted by molar-refractivity contribution is 0.173. The van der Waals surface area contributed by atoms with Crippen LogP contribution in [-0.2, 0) is 13.0 Å². The SMILES string of the molecule is CCCCCN(CC)c1cc(CNCCc2cccc3c2OCO3)ccn1. The number of para-hydroxylation sites is 1. The van der Waals surface area contributed by atoms with Gasteiger partial charge in [0.05, 0.1) is 0 Å². The summed E-state index contributed by atoms with van der Waals surface area (Å²) in [6.45, 7) is 8.57. The highest BCUT2D eigenvalue weighted by Gasteiger charge is 2.16. The van der Waals surface area contributed by atoms with Gasteiger partial charge in [0.1, 0.15) is 5.82 Å². The van der Waals surface area contributed by atoms with E-state index in [1.807, 2.05) is 18.3 Å². The minimum atomic E-state index is 0.325. The zero-order chi connectivity index (χ0) is 18.9. The molecule has 27 heavy (non-hydrogen) atoms. The van der Waals surface area contributed by atoms with Gasteiger partial charge in [0.15, 0.2) is 11.5 Å². The minimum Gasteiger partial charge on any atom is -0.454 e. The maximum Gasteiger partial charge on any atom is 0.231 e. The van der Waals surface area contributed by atoms with Crippen molar-refractivity contribution in [3.8, 4) is 11.5 Å². The van der Waals surface area contributed by atoms with E-state index in [0.29, 0.717) is 6.79 Å². The average molecular weight is 370 g/mol. The van der Waals surface area contributed by atoms with Crippen LogP contribution in [0.5, 0.6) is 11.5 Å². The summed E-state index contributed by atoms with van der Waals surface area (Å²) >= 11 is 0. The molecule has 2 heterocycles. The third-order valence-electron chi connectivity index (χ3n) is 4.93. The second-order valence-electron chi connectivity index (χ2n) is 6.89. The number of nitrogens with one attached hydrogen (secondary N) is 1. The predicted octanol–water partition coefficient (Wildman–Crippen LogP) is 4.16. The Labute approximate surface area is 162 Å². The van der Waals surface area contributed by atoms with Crippen molar-refractivity contribution in [2.75, 3.05) is 31.3 Å². The van der Waals surface area contributed by atoms with Gasteiger partial charge in [-0.1, -0.05) is 31.9 Å². The second-order valence-corrected chi connectivity index (χ2v) is 6.89. The van der Waals surface area contributed by atoms with E-state index in [1.165, 1.54) is 30.4 Å². The van der Waals surface area contributed by atoms with Crippen LogP contribution < -0.4 is 19.7 Å². The standard InChI is InChI=1S/C22H31N3O2/c1-3-5-6-14-25(4-2)21-15-18(10-13-24-21)16-23-12-11-19-8-7-9-20-22(19)27-17-26-20/h7-10,13,15,23H,3-6,11-12,14,16-17H2,1-2H3. The Morgan fingerprint density at radius 1 is 1.15 bits per heavy atom. The van der Waals surface area contributed by atoms with Crippen molar-refractivity contribution in [1.82, 2.24) is 10.3 Å². The molecule has 1 aromatic heterocycles. The molecule has 0 saturated carbocycles. The molecule has 2 aromatic rings. The average Bonchev–Trinajstić information content (AvgIpc) is 3.18. The number of benzene rings is 1. The molecule has 0 saturated heterocycles. The summed E-state index contributed by atoms with van der Waals surface area (Å²) in [5, 5.41) is 3.54. The van der Waals surface area contributed by atoms with Gasteiger partial charge in [-0.15, -0.1) is 0 Å². The molecule has 5 nitrogen and oxygen atoms in total. The number of unbranched alkanes of at least 4 members (excludes halogenated alkanes) is 2. The highest BCUT2D eigenvalue weighted by molar-refractivity contribution is 5.48. The topological polar surface area (TPSA) is 46.6 Å². The zero-order valence-corrected chi connectivity index (χ0v) is 16.5. The molecular formula is C22H31N3O2. The van der Waals surface area contributed by atoms with E-state index in [1.54, 1.807) is 0 Å². The van der Waals surface area contributed by atoms with Crippen molar-refractivity contribution < 1.29 is 9.47 Å². The quantitative estimate of drug-likeness (QED) is 0.603. The lowest BCUT2D eigenvalue weighted by atomic mass is 10.1. The van der Waals surface area contributed by atoms with Crippen LogP contribution in [0.1, 0.15) is 44.2 Å². The monoisotopic (exact) mass is 369 g/mol. The number of hydrogen-bond acceptors (Lipinski definition) is 5. The van der Waals surface area contributed by atoms with E-state index in [-0.39, 0.29) is 0 Å². The first-order valence-corrected chi connectivity index (χ1v) is 10.1. The molecule has 1 aliphatic rings. The summed E-state index contributed by atoms with van der Waals surface area (Å²) in [6.07, 6.45) is 6.58. The van der Waals surface area contributed by atoms with Crippen molar-refractivity contribution in [3.05, 3.63) is 47.7 Å². The summed E-state index contributed by atoms with van der Waals surface area (Å²) in [4.78, 5) is 6.94. The molecule has 0 atom stereocenters. The minimum absolute atomic E-state index is 0.325. The van der Waals surface area contributed by atoms with Crippen molar-refractivity contribution in [1.29, 1.82) is 0 Å². The van der Waals surface area contributed by atoms with E-state index < -0.39 is 0 Å². The maximum atomic E-state index is 5.58. The third-order valence-corrected chi connectivity index (χ3v) is 4.93. The molecule has 0 radical (unpaired) electrons. The fraction of sp³-hybridized carbons (Fsp3) is 0.500. The van der Waals surface area contributed by atoms with Crippen LogP contribution in [0.3, 0.4) is 0 Å². The molecule has 146 valence electrons. The Hall–Kier alpha value is -2.27. The number of rotatable bonds is 11. The van der Waals surface area contributed by atoms with Crippen molar-refractivity contribution in [3.63, 3.8) is 0 Å². The van der Waals surface area contributed by atoms with Crippen molar-refractivity contribution in [2.45, 2.75) is 46.1 Å². The maximum absolute atomic E-state index is 5.58. The number of aromatic nitrogens is 1. The van der Waals surface area contributed by atoms with Crippen LogP contribution in [0.4, 0.5) is 5.82 Å². The number of anilines is 1. The highest BCUT2D eigenvalue weighted by atomic mass is 16.7. The lowest BCUT2D eigenvalue weighted by Gasteiger charge is -2.22. The first-order valence-electron chi connectivity index (χ1n) is 10.1. The van der Waals surface area contributed by atoms with Crippen LogP contribution in [0.15, 0.2) is 36.5 Å². The molecule has 1 aliphatic heterocycles. The van der Waals surface area contributed by atoms with E-state index in [0.717, 1.165) is 49.9 Å². The van der Waals surface area contributed by atoms with Crippen molar-refractivity contribution >= 4 is 5.82 Å². The van der Waals surface area contributed by atoms with Gasteiger partial charge >= 0.3 is 0 Å². The van der Waals surface area contributed by atoms with Gasteiger partial charge in [0, 0.05) is 25.8 Å². The largest absolute Gasteiger partial charge is 0.454 e. The lowest BCUT2D eigenvalue weighted by Crippen LogP contribution is -2.25. The van der Waals surface area contributed by atoms with Gasteiger partial charge in [-0.2, -0.15) is 0 Å². The Kier molecular flexibility index (Phi) is 7.34. The van der Waals surface area contributed by atoms with E-state index in [4.69, 9.17) is 9.47 Å². The molecule has 5 heteroatoms. The van der Waals surface area contributed by atoms with Crippen LogP contribution in [0.25, 0.3) is 0 Å². The van der Waals surface area contributed by atoms with Gasteiger partial charge in [-0.3, -0.25) is 0 Å². The number of fused-ring (bicyclic) bond motifs is 1. The fourth-order valence-electron chi connectivity index (χ4n) is 3.37. The Balaban J connectivity index is 1.49. The molecule has 1 N–H and O–H groups in total. The third kappa shape index (κ3) is 5.36. The van der Waals surface area contributed by atoms with Crippen LogP contribution in [0.2, 0.25) is 0 Å². The van der Waals surface area contributed by atoms with Crippen molar-refractivity contribution in [2.24, 2.45) is 0 Å². The Morgan fingerprint density at radius 2 is 2.07 bits per heavy atom. The predicted molar refractivity (Wildman–Crippen MR) is 110 cm³/mol. The summed E-state index contributed by atoms with van der Waals surface area (Å²) in [5.41, 5.74) is 2.47. The molecule has 0 amide bonds. The van der Waals surface area contributed by atoms with Crippen LogP contribution in [0, 0.1) is 0 Å². The number of pyridine rings is 1. The normalized spacial score (nSPS) is 12.4. The van der Waals surface area contributed by atoms with E-state index in [2.05, 4.69) is 47.2 Å². The molecule has 0 spiro atoms. The summed E-state index contributed by atoms with van der Waals surface area (Å²) in [7, 11) is 0. The first-order chi connectivity index (χ1) is 13.3. The molecule has 0 bridgehead atoms. The van der Waals surface area contributed by atoms with Gasteiger partial charge < -0.3 is 19.7 Å². The molecule has 0 unspecified atom stereocenters. The highest BCUT2D eigenvalue weighted by Crippen LogP contribution is 2.35.